The zero-order valence-corrected chi connectivity index (χ0v) is 23.9. The quantitative estimate of drug-likeness (QED) is 0.118. The zero-order chi connectivity index (χ0) is 29.2. The van der Waals surface area contributed by atoms with Crippen molar-refractivity contribution in [1.82, 2.24) is 4.57 Å². The highest BCUT2D eigenvalue weighted by molar-refractivity contribution is 6.12. The van der Waals surface area contributed by atoms with Gasteiger partial charge in [0, 0.05) is 28.4 Å². The third kappa shape index (κ3) is 4.81. The summed E-state index contributed by atoms with van der Waals surface area (Å²) in [5.41, 5.74) is 11.9. The topological polar surface area (TPSA) is 53.5 Å². The summed E-state index contributed by atoms with van der Waals surface area (Å²) in [5, 5.41) is 9.79. The van der Waals surface area contributed by atoms with Gasteiger partial charge in [-0.05, 0) is 65.9 Å². The van der Waals surface area contributed by atoms with Crippen molar-refractivity contribution in [2.45, 2.75) is 25.3 Å². The summed E-state index contributed by atoms with van der Waals surface area (Å²) < 4.78 is 2.30. The predicted molar refractivity (Wildman–Crippen MR) is 181 cm³/mol. The van der Waals surface area contributed by atoms with E-state index in [0.29, 0.717) is 5.84 Å². The van der Waals surface area contributed by atoms with Crippen LogP contribution in [0.3, 0.4) is 0 Å². The van der Waals surface area contributed by atoms with Crippen LogP contribution in [0.15, 0.2) is 137 Å². The summed E-state index contributed by atoms with van der Waals surface area (Å²) in [7, 11) is 0. The lowest BCUT2D eigenvalue weighted by atomic mass is 9.91. The number of hydrogen-bond donors (Lipinski definition) is 1. The maximum absolute atomic E-state index is 8.50. The van der Waals surface area contributed by atoms with Gasteiger partial charge < -0.3 is 9.98 Å². The SMILES string of the molecule is C=NC(=NC(/C=C/C=C(\C=N)n1c2c3c4c(cccc41)-c1ccccc1CC3=CCC2)c1ccccc1)c1ccccc1. The third-order valence-electron chi connectivity index (χ3n) is 8.42. The van der Waals surface area contributed by atoms with Crippen LogP contribution in [-0.2, 0) is 12.8 Å². The van der Waals surface area contributed by atoms with E-state index in [0.717, 1.165) is 41.6 Å². The standard InChI is InChI=1S/C39H32N4/c1-41-39(28-15-6-3-7-16-28)42-34(27-13-4-2-5-14-27)22-11-19-31(26-40)43-35-23-10-18-30-25-29-17-8-9-20-32(29)33-21-12-24-36(43)38(33)37(30)35/h2-9,11-22,24,26,34,40H,1,10,23,25H2/b22-11+,31-19+,40-26?,42-39?. The molecule has 4 heteroatoms. The molecule has 1 heterocycles. The van der Waals surface area contributed by atoms with E-state index >= 15 is 0 Å². The van der Waals surface area contributed by atoms with E-state index in [-0.39, 0.29) is 6.04 Å². The van der Waals surface area contributed by atoms with Crippen molar-refractivity contribution < 1.29 is 0 Å². The fourth-order valence-electron chi connectivity index (χ4n) is 6.53. The smallest absolute Gasteiger partial charge is 0.154 e. The Kier molecular flexibility index (Phi) is 7.10. The van der Waals surface area contributed by atoms with Gasteiger partial charge in [-0.15, -0.1) is 0 Å². The highest BCUT2D eigenvalue weighted by Crippen LogP contribution is 2.46. The first kappa shape index (κ1) is 26.5. The van der Waals surface area contributed by atoms with Crippen molar-refractivity contribution in [1.29, 1.82) is 5.41 Å². The Morgan fingerprint density at radius 1 is 0.860 bits per heavy atom. The molecule has 1 aromatic heterocycles. The minimum Gasteiger partial charge on any atom is -0.311 e. The first-order valence-electron chi connectivity index (χ1n) is 14.7. The summed E-state index contributed by atoms with van der Waals surface area (Å²) in [6.45, 7) is 3.79. The van der Waals surface area contributed by atoms with Crippen LogP contribution in [0.25, 0.3) is 33.3 Å². The summed E-state index contributed by atoms with van der Waals surface area (Å²) in [5.74, 6) is 0.599. The average Bonchev–Trinajstić information content (AvgIpc) is 3.32. The first-order valence-corrected chi connectivity index (χ1v) is 14.7. The lowest BCUT2D eigenvalue weighted by Gasteiger charge is -2.18. The molecule has 208 valence electrons. The highest BCUT2D eigenvalue weighted by Gasteiger charge is 2.28. The number of aliphatic imine (C=N–C) groups is 2. The van der Waals surface area contributed by atoms with Crippen molar-refractivity contribution in [2.75, 3.05) is 0 Å². The second-order valence-corrected chi connectivity index (χ2v) is 10.9. The van der Waals surface area contributed by atoms with E-state index < -0.39 is 0 Å². The second kappa shape index (κ2) is 11.5. The van der Waals surface area contributed by atoms with Crippen LogP contribution in [0.5, 0.6) is 0 Å². The molecule has 2 aliphatic rings. The van der Waals surface area contributed by atoms with Crippen LogP contribution < -0.4 is 0 Å². The molecule has 43 heavy (non-hydrogen) atoms. The number of benzene rings is 4. The number of aromatic nitrogens is 1. The summed E-state index contributed by atoms with van der Waals surface area (Å²) in [6.07, 6.45) is 12.9. The molecule has 0 spiro atoms. The number of allylic oxidation sites excluding steroid dienone is 5. The molecule has 4 nitrogen and oxygen atoms in total. The van der Waals surface area contributed by atoms with Gasteiger partial charge in [-0.3, -0.25) is 4.99 Å². The van der Waals surface area contributed by atoms with Gasteiger partial charge in [0.15, 0.2) is 5.84 Å². The first-order chi connectivity index (χ1) is 21.3. The molecule has 7 rings (SSSR count). The van der Waals surface area contributed by atoms with Crippen molar-refractivity contribution in [3.63, 3.8) is 0 Å². The van der Waals surface area contributed by atoms with E-state index in [2.05, 4.69) is 83.0 Å². The maximum atomic E-state index is 8.50. The van der Waals surface area contributed by atoms with Crippen LogP contribution in [0.2, 0.25) is 0 Å². The van der Waals surface area contributed by atoms with Crippen molar-refractivity contribution in [3.8, 4) is 11.1 Å². The highest BCUT2D eigenvalue weighted by atomic mass is 15.0. The normalized spacial score (nSPS) is 15.1. The molecule has 0 amide bonds. The van der Waals surface area contributed by atoms with Gasteiger partial charge in [-0.1, -0.05) is 115 Å². The molecule has 4 aromatic carbocycles. The molecule has 1 atom stereocenters. The number of amidine groups is 1. The number of rotatable bonds is 7. The van der Waals surface area contributed by atoms with Gasteiger partial charge in [0.2, 0.25) is 0 Å². The zero-order valence-electron chi connectivity index (χ0n) is 23.9. The molecular weight excluding hydrogens is 524 g/mol. The van der Waals surface area contributed by atoms with Crippen LogP contribution in [0.1, 0.15) is 40.4 Å². The second-order valence-electron chi connectivity index (χ2n) is 10.9. The van der Waals surface area contributed by atoms with E-state index in [4.69, 9.17) is 10.4 Å². The minimum atomic E-state index is -0.260. The molecule has 5 aromatic rings. The minimum absolute atomic E-state index is 0.260. The van der Waals surface area contributed by atoms with Gasteiger partial charge in [0.25, 0.3) is 0 Å². The number of hydrogen-bond acceptors (Lipinski definition) is 2. The van der Waals surface area contributed by atoms with E-state index in [1.54, 1.807) is 0 Å². The van der Waals surface area contributed by atoms with Crippen molar-refractivity contribution in [2.24, 2.45) is 9.98 Å². The Bertz CT molecular complexity index is 1970. The van der Waals surface area contributed by atoms with Crippen molar-refractivity contribution in [3.05, 3.63) is 155 Å². The van der Waals surface area contributed by atoms with Gasteiger partial charge >= 0.3 is 0 Å². The average molecular weight is 557 g/mol. The molecule has 0 radical (unpaired) electrons. The molecule has 0 bridgehead atoms. The Morgan fingerprint density at radius 2 is 1.60 bits per heavy atom. The summed E-state index contributed by atoms with van der Waals surface area (Å²) in [4.78, 5) is 9.26. The lowest BCUT2D eigenvalue weighted by Crippen LogP contribution is -2.08. The van der Waals surface area contributed by atoms with Crippen LogP contribution in [0.4, 0.5) is 0 Å². The third-order valence-corrected chi connectivity index (χ3v) is 8.42. The number of nitrogens with zero attached hydrogens (tertiary/aromatic N) is 3. The maximum Gasteiger partial charge on any atom is 0.154 e. The van der Waals surface area contributed by atoms with E-state index in [9.17, 15) is 0 Å². The molecule has 0 saturated carbocycles. The molecule has 0 saturated heterocycles. The Hall–Kier alpha value is -5.35. The predicted octanol–water partition coefficient (Wildman–Crippen LogP) is 9.13. The van der Waals surface area contributed by atoms with Gasteiger partial charge in [0.05, 0.1) is 17.3 Å². The van der Waals surface area contributed by atoms with Gasteiger partial charge in [-0.2, -0.15) is 0 Å². The van der Waals surface area contributed by atoms with Gasteiger partial charge in [-0.25, -0.2) is 4.99 Å². The fraction of sp³-hybridized carbons (Fsp3) is 0.103. The van der Waals surface area contributed by atoms with Crippen LogP contribution in [0, 0.1) is 5.41 Å². The van der Waals surface area contributed by atoms with Crippen molar-refractivity contribution >= 4 is 40.9 Å². The van der Waals surface area contributed by atoms with Crippen LogP contribution in [-0.4, -0.2) is 23.3 Å². The molecule has 0 aliphatic heterocycles. The molecule has 1 N–H and O–H groups in total. The molecular formula is C39H32N4. The Labute approximate surface area is 252 Å². The summed E-state index contributed by atoms with van der Waals surface area (Å²) in [6, 6.07) is 35.3. The molecule has 2 aliphatic carbocycles. The Morgan fingerprint density at radius 3 is 2.40 bits per heavy atom. The van der Waals surface area contributed by atoms with E-state index in [1.807, 2.05) is 60.7 Å². The molecule has 0 fully saturated rings. The van der Waals surface area contributed by atoms with E-state index in [1.165, 1.54) is 45.1 Å². The van der Waals surface area contributed by atoms with Gasteiger partial charge in [0.1, 0.15) is 0 Å². The number of fused-ring (bicyclic) bond motifs is 2. The fourth-order valence-corrected chi connectivity index (χ4v) is 6.53. The monoisotopic (exact) mass is 556 g/mol. The van der Waals surface area contributed by atoms with Crippen LogP contribution >= 0.6 is 0 Å². The Balaban J connectivity index is 1.35. The molecule has 1 unspecified atom stereocenters. The number of nitrogens with one attached hydrogen (secondary N) is 1. The largest absolute Gasteiger partial charge is 0.311 e. The lowest BCUT2D eigenvalue weighted by molar-refractivity contribution is 0.893. The summed E-state index contributed by atoms with van der Waals surface area (Å²) >= 11 is 0.